The number of aliphatic hydroxyl groups is 1. The Morgan fingerprint density at radius 2 is 1.74 bits per heavy atom. The topological polar surface area (TPSA) is 64.4 Å². The van der Waals surface area contributed by atoms with E-state index in [1.165, 1.54) is 6.07 Å². The molecule has 0 spiro atoms. The van der Waals surface area contributed by atoms with Crippen LogP contribution in [-0.4, -0.2) is 16.7 Å². The number of amidine groups is 1. The fraction of sp³-hybridized carbons (Fsp3) is 0.172. The molecular weight excluding hydrogens is 463 g/mol. The largest absolute Gasteiger partial charge is 0.507 e. The first kappa shape index (κ1) is 23.1. The van der Waals surface area contributed by atoms with Gasteiger partial charge in [0.1, 0.15) is 17.4 Å². The Labute approximate surface area is 208 Å². The maximum absolute atomic E-state index is 15.2. The SMILES string of the molecule is Cc1c(Cl)cccc1N1C(=N)/C(=C(/O)c2ccccc2)C(c2ccccc2F)C2=C1CCCC2=O. The Morgan fingerprint density at radius 3 is 2.49 bits per heavy atom. The summed E-state index contributed by atoms with van der Waals surface area (Å²) in [6, 6.07) is 20.5. The fourth-order valence-corrected chi connectivity index (χ4v) is 5.24. The Balaban J connectivity index is 1.88. The monoisotopic (exact) mass is 486 g/mol. The van der Waals surface area contributed by atoms with Gasteiger partial charge in [-0.3, -0.25) is 15.1 Å². The first-order valence-corrected chi connectivity index (χ1v) is 11.9. The zero-order valence-corrected chi connectivity index (χ0v) is 19.9. The molecule has 0 fully saturated rings. The van der Waals surface area contributed by atoms with E-state index in [1.807, 2.05) is 19.1 Å². The smallest absolute Gasteiger partial charge is 0.161 e. The van der Waals surface area contributed by atoms with Gasteiger partial charge in [0, 0.05) is 45.3 Å². The van der Waals surface area contributed by atoms with Crippen LogP contribution in [-0.2, 0) is 4.79 Å². The normalized spacial score (nSPS) is 19.6. The summed E-state index contributed by atoms with van der Waals surface area (Å²) in [5.41, 5.74) is 3.45. The van der Waals surface area contributed by atoms with Gasteiger partial charge in [-0.15, -0.1) is 0 Å². The first-order chi connectivity index (χ1) is 16.9. The van der Waals surface area contributed by atoms with Crippen molar-refractivity contribution in [3.05, 3.63) is 117 Å². The summed E-state index contributed by atoms with van der Waals surface area (Å²) >= 11 is 6.43. The molecule has 3 aromatic rings. The zero-order chi connectivity index (χ0) is 24.7. The van der Waals surface area contributed by atoms with Crippen LogP contribution in [0, 0.1) is 18.2 Å². The van der Waals surface area contributed by atoms with E-state index in [2.05, 4.69) is 0 Å². The summed E-state index contributed by atoms with van der Waals surface area (Å²) in [5.74, 6) is -1.64. The maximum Gasteiger partial charge on any atom is 0.161 e. The summed E-state index contributed by atoms with van der Waals surface area (Å²) in [4.78, 5) is 15.2. The van der Waals surface area contributed by atoms with Crippen LogP contribution in [0.25, 0.3) is 5.76 Å². The third kappa shape index (κ3) is 3.86. The lowest BCUT2D eigenvalue weighted by molar-refractivity contribution is -0.116. The molecule has 176 valence electrons. The molecule has 3 aromatic carbocycles. The van der Waals surface area contributed by atoms with Gasteiger partial charge in [-0.05, 0) is 43.5 Å². The highest BCUT2D eigenvalue weighted by molar-refractivity contribution is 6.32. The quantitative estimate of drug-likeness (QED) is 0.380. The molecule has 0 aromatic heterocycles. The number of Topliss-reactive ketones (excluding diaryl/α,β-unsaturated/α-hetero) is 1. The Morgan fingerprint density at radius 1 is 1.03 bits per heavy atom. The number of nitrogens with one attached hydrogen (secondary N) is 1. The predicted octanol–water partition coefficient (Wildman–Crippen LogP) is 7.34. The van der Waals surface area contributed by atoms with Crippen LogP contribution in [0.2, 0.25) is 5.02 Å². The minimum absolute atomic E-state index is 0.00146. The van der Waals surface area contributed by atoms with Crippen LogP contribution in [0.5, 0.6) is 0 Å². The molecule has 35 heavy (non-hydrogen) atoms. The van der Waals surface area contributed by atoms with Gasteiger partial charge in [0.25, 0.3) is 0 Å². The fourth-order valence-electron chi connectivity index (χ4n) is 5.07. The summed E-state index contributed by atoms with van der Waals surface area (Å²) in [5, 5.41) is 21.4. The number of rotatable bonds is 3. The number of hydrogen-bond acceptors (Lipinski definition) is 3. The molecule has 1 aliphatic heterocycles. The number of aliphatic hydroxyl groups excluding tert-OH is 1. The molecule has 2 aliphatic rings. The second kappa shape index (κ2) is 9.16. The molecule has 2 N–H and O–H groups in total. The number of benzene rings is 3. The van der Waals surface area contributed by atoms with Crippen molar-refractivity contribution in [2.75, 3.05) is 4.90 Å². The Kier molecular flexibility index (Phi) is 6.03. The third-order valence-corrected chi connectivity index (χ3v) is 7.16. The maximum atomic E-state index is 15.2. The molecule has 0 bridgehead atoms. The molecule has 1 unspecified atom stereocenters. The predicted molar refractivity (Wildman–Crippen MR) is 137 cm³/mol. The Bertz CT molecular complexity index is 1410. The van der Waals surface area contributed by atoms with Crippen LogP contribution in [0.1, 0.15) is 41.9 Å². The molecule has 4 nitrogen and oxygen atoms in total. The zero-order valence-electron chi connectivity index (χ0n) is 19.2. The third-order valence-electron chi connectivity index (χ3n) is 6.75. The van der Waals surface area contributed by atoms with Gasteiger partial charge in [-0.1, -0.05) is 66.2 Å². The molecule has 0 radical (unpaired) electrons. The summed E-state index contributed by atoms with van der Waals surface area (Å²) in [6.45, 7) is 1.86. The van der Waals surface area contributed by atoms with E-state index in [0.717, 1.165) is 5.56 Å². The van der Waals surface area contributed by atoms with Gasteiger partial charge >= 0.3 is 0 Å². The van der Waals surface area contributed by atoms with Crippen molar-refractivity contribution in [3.8, 4) is 0 Å². The van der Waals surface area contributed by atoms with Gasteiger partial charge in [0.05, 0.1) is 5.69 Å². The average molecular weight is 487 g/mol. The number of nitrogens with zero attached hydrogens (tertiary/aromatic N) is 1. The van der Waals surface area contributed by atoms with Crippen molar-refractivity contribution in [3.63, 3.8) is 0 Å². The molecule has 5 rings (SSSR count). The summed E-state index contributed by atoms with van der Waals surface area (Å²) in [7, 11) is 0. The summed E-state index contributed by atoms with van der Waals surface area (Å²) in [6.07, 6.45) is 1.52. The van der Waals surface area contributed by atoms with E-state index in [9.17, 15) is 15.3 Å². The van der Waals surface area contributed by atoms with Crippen LogP contribution in [0.15, 0.2) is 89.6 Å². The standard InChI is InChI=1S/C29H24ClFN2O2/c1-17-20(30)12-7-14-22(17)33-23-15-8-16-24(34)26(23)25(19-11-5-6-13-21(19)31)27(29(33)32)28(35)18-9-3-2-4-10-18/h2-7,9-14,25,32,35H,8,15-16H2,1H3/b28-27+,32-29?. The molecule has 6 heteroatoms. The van der Waals surface area contributed by atoms with E-state index in [1.54, 1.807) is 59.5 Å². The highest BCUT2D eigenvalue weighted by Crippen LogP contribution is 2.49. The van der Waals surface area contributed by atoms with E-state index < -0.39 is 11.7 Å². The number of allylic oxidation sites excluding steroid dienone is 2. The van der Waals surface area contributed by atoms with Crippen molar-refractivity contribution in [2.45, 2.75) is 32.1 Å². The molecule has 1 atom stereocenters. The van der Waals surface area contributed by atoms with Gasteiger partial charge in [0.15, 0.2) is 5.78 Å². The molecule has 0 saturated carbocycles. The van der Waals surface area contributed by atoms with Crippen molar-refractivity contribution >= 4 is 34.7 Å². The van der Waals surface area contributed by atoms with Crippen LogP contribution in [0.3, 0.4) is 0 Å². The number of carbonyl (C=O) groups is 1. The van der Waals surface area contributed by atoms with Crippen molar-refractivity contribution in [1.82, 2.24) is 0 Å². The second-order valence-electron chi connectivity index (χ2n) is 8.79. The number of ketones is 1. The van der Waals surface area contributed by atoms with E-state index in [4.69, 9.17) is 11.6 Å². The molecule has 1 aliphatic carbocycles. The number of anilines is 1. The van der Waals surface area contributed by atoms with Crippen LogP contribution in [0.4, 0.5) is 10.1 Å². The first-order valence-electron chi connectivity index (χ1n) is 11.5. The summed E-state index contributed by atoms with van der Waals surface area (Å²) < 4.78 is 15.2. The second-order valence-corrected chi connectivity index (χ2v) is 9.20. The molecule has 1 heterocycles. The average Bonchev–Trinajstić information content (AvgIpc) is 2.86. The number of hydrogen-bond donors (Lipinski definition) is 2. The highest BCUT2D eigenvalue weighted by atomic mass is 35.5. The van der Waals surface area contributed by atoms with Gasteiger partial charge in [-0.25, -0.2) is 4.39 Å². The lowest BCUT2D eigenvalue weighted by Gasteiger charge is -2.42. The van der Waals surface area contributed by atoms with E-state index in [-0.39, 0.29) is 28.5 Å². The lowest BCUT2D eigenvalue weighted by atomic mass is 9.73. The molecule has 0 saturated heterocycles. The van der Waals surface area contributed by atoms with Gasteiger partial charge in [0.2, 0.25) is 0 Å². The van der Waals surface area contributed by atoms with Crippen LogP contribution < -0.4 is 4.90 Å². The van der Waals surface area contributed by atoms with E-state index in [0.29, 0.717) is 46.8 Å². The Hall–Kier alpha value is -3.70. The van der Waals surface area contributed by atoms with Gasteiger partial charge in [-0.2, -0.15) is 0 Å². The van der Waals surface area contributed by atoms with Crippen molar-refractivity contribution in [2.24, 2.45) is 0 Å². The number of halogens is 2. The van der Waals surface area contributed by atoms with E-state index >= 15 is 4.39 Å². The number of carbonyl (C=O) groups excluding carboxylic acids is 1. The van der Waals surface area contributed by atoms with Gasteiger partial charge < -0.3 is 5.11 Å². The minimum atomic E-state index is -0.901. The van der Waals surface area contributed by atoms with Crippen LogP contribution >= 0.6 is 11.6 Å². The molecular formula is C29H24ClFN2O2. The lowest BCUT2D eigenvalue weighted by Crippen LogP contribution is -2.43. The minimum Gasteiger partial charge on any atom is -0.507 e. The van der Waals surface area contributed by atoms with Crippen molar-refractivity contribution in [1.29, 1.82) is 5.41 Å². The van der Waals surface area contributed by atoms with Crippen molar-refractivity contribution < 1.29 is 14.3 Å². The highest BCUT2D eigenvalue weighted by Gasteiger charge is 2.44. The molecule has 0 amide bonds.